The van der Waals surface area contributed by atoms with Gasteiger partial charge in [0.05, 0.1) is 17.3 Å². The Labute approximate surface area is 163 Å². The number of nitrogens with zero attached hydrogens (tertiary/aromatic N) is 2. The zero-order chi connectivity index (χ0) is 18.7. The van der Waals surface area contributed by atoms with Crippen molar-refractivity contribution in [1.29, 1.82) is 0 Å². The number of hydrogen-bond acceptors (Lipinski definition) is 2. The predicted octanol–water partition coefficient (Wildman–Crippen LogP) is 6.55. The summed E-state index contributed by atoms with van der Waals surface area (Å²) >= 11 is 12.1. The van der Waals surface area contributed by atoms with Gasteiger partial charge in [-0.3, -0.25) is 4.99 Å². The van der Waals surface area contributed by atoms with E-state index in [9.17, 15) is 0 Å². The molecule has 0 aliphatic heterocycles. The van der Waals surface area contributed by atoms with Gasteiger partial charge >= 0.3 is 0 Å². The molecule has 0 fully saturated rings. The van der Waals surface area contributed by atoms with E-state index in [1.54, 1.807) is 12.1 Å². The van der Waals surface area contributed by atoms with Crippen molar-refractivity contribution in [3.8, 4) is 11.4 Å². The molecule has 3 nitrogen and oxygen atoms in total. The highest BCUT2D eigenvalue weighted by molar-refractivity contribution is 6.36. The van der Waals surface area contributed by atoms with Gasteiger partial charge in [0.1, 0.15) is 5.75 Å². The van der Waals surface area contributed by atoms with Crippen molar-refractivity contribution in [2.75, 3.05) is 6.61 Å². The summed E-state index contributed by atoms with van der Waals surface area (Å²) in [6.07, 6.45) is 1.84. The molecule has 0 N–H and O–H groups in total. The molecule has 0 aliphatic rings. The molecule has 0 spiro atoms. The summed E-state index contributed by atoms with van der Waals surface area (Å²) < 4.78 is 7.71. The lowest BCUT2D eigenvalue weighted by Gasteiger charge is -2.11. The third-order valence-electron chi connectivity index (χ3n) is 4.13. The van der Waals surface area contributed by atoms with E-state index in [1.807, 2.05) is 31.3 Å². The molecule has 0 saturated heterocycles. The monoisotopic (exact) mass is 386 g/mol. The number of ether oxygens (including phenoxy) is 1. The number of aliphatic imine (C=N–C) groups is 1. The van der Waals surface area contributed by atoms with Gasteiger partial charge in [-0.1, -0.05) is 23.2 Å². The molecule has 0 radical (unpaired) electrons. The van der Waals surface area contributed by atoms with Gasteiger partial charge in [0.25, 0.3) is 0 Å². The molecule has 1 heterocycles. The zero-order valence-corrected chi connectivity index (χ0v) is 16.5. The van der Waals surface area contributed by atoms with E-state index >= 15 is 0 Å². The normalized spacial score (nSPS) is 11.3. The van der Waals surface area contributed by atoms with Crippen molar-refractivity contribution in [3.05, 3.63) is 75.5 Å². The van der Waals surface area contributed by atoms with Crippen LogP contribution in [0, 0.1) is 13.8 Å². The van der Waals surface area contributed by atoms with Crippen molar-refractivity contribution < 1.29 is 4.74 Å². The van der Waals surface area contributed by atoms with Gasteiger partial charge in [-0.15, -0.1) is 0 Å². The van der Waals surface area contributed by atoms with E-state index in [0.717, 1.165) is 28.4 Å². The Morgan fingerprint density at radius 2 is 1.77 bits per heavy atom. The molecule has 0 amide bonds. The highest BCUT2D eigenvalue weighted by Gasteiger charge is 2.10. The molecule has 3 rings (SSSR count). The van der Waals surface area contributed by atoms with Crippen molar-refractivity contribution >= 4 is 35.1 Å². The van der Waals surface area contributed by atoms with Crippen LogP contribution in [0.2, 0.25) is 10.0 Å². The highest BCUT2D eigenvalue weighted by Crippen LogP contribution is 2.28. The van der Waals surface area contributed by atoms with E-state index in [0.29, 0.717) is 22.3 Å². The van der Waals surface area contributed by atoms with E-state index in [2.05, 4.69) is 41.6 Å². The molecule has 0 unspecified atom stereocenters. The van der Waals surface area contributed by atoms with Crippen LogP contribution in [0.25, 0.3) is 5.69 Å². The number of hydrogen-bond donors (Lipinski definition) is 0. The second kappa shape index (κ2) is 7.98. The van der Waals surface area contributed by atoms with Crippen molar-refractivity contribution in [2.24, 2.45) is 4.99 Å². The minimum Gasteiger partial charge on any atom is -0.494 e. The van der Waals surface area contributed by atoms with Crippen LogP contribution in [0.5, 0.6) is 5.75 Å². The van der Waals surface area contributed by atoms with Crippen LogP contribution in [-0.4, -0.2) is 17.4 Å². The molecule has 26 heavy (non-hydrogen) atoms. The first-order chi connectivity index (χ1) is 12.5. The van der Waals surface area contributed by atoms with Crippen LogP contribution in [0.15, 0.2) is 53.5 Å². The molecular formula is C21H20Cl2N2O. The quantitative estimate of drug-likeness (QED) is 0.456. The van der Waals surface area contributed by atoms with Crippen LogP contribution < -0.4 is 4.74 Å². The van der Waals surface area contributed by atoms with Gasteiger partial charge in [-0.05, 0) is 69.3 Å². The first-order valence-electron chi connectivity index (χ1n) is 8.41. The third-order valence-corrected chi connectivity index (χ3v) is 4.67. The molecule has 0 aliphatic carbocycles. The maximum absolute atomic E-state index is 6.19. The van der Waals surface area contributed by atoms with Crippen LogP contribution in [0.1, 0.15) is 23.9 Å². The Morgan fingerprint density at radius 3 is 2.42 bits per heavy atom. The zero-order valence-electron chi connectivity index (χ0n) is 15.0. The number of rotatable bonds is 5. The van der Waals surface area contributed by atoms with Gasteiger partial charge in [0.2, 0.25) is 0 Å². The van der Waals surface area contributed by atoms with Gasteiger partial charge in [-0.2, -0.15) is 0 Å². The van der Waals surface area contributed by atoms with Crippen molar-refractivity contribution in [1.82, 2.24) is 4.57 Å². The lowest BCUT2D eigenvalue weighted by Crippen LogP contribution is -2.00. The summed E-state index contributed by atoms with van der Waals surface area (Å²) in [5, 5.41) is 1.14. The maximum Gasteiger partial charge on any atom is 0.119 e. The topological polar surface area (TPSA) is 26.5 Å². The van der Waals surface area contributed by atoms with Crippen molar-refractivity contribution in [2.45, 2.75) is 20.8 Å². The number of aromatic nitrogens is 1. The molecule has 1 aromatic heterocycles. The molecule has 3 aromatic rings. The van der Waals surface area contributed by atoms with E-state index in [4.69, 9.17) is 27.9 Å². The third kappa shape index (κ3) is 3.95. The Morgan fingerprint density at radius 1 is 1.04 bits per heavy atom. The smallest absolute Gasteiger partial charge is 0.119 e. The Bertz CT molecular complexity index is 943. The number of benzene rings is 2. The van der Waals surface area contributed by atoms with Gasteiger partial charge < -0.3 is 9.30 Å². The SMILES string of the molecule is CCOc1ccc(-n2c(C)cc(C=Nc3ccc(Cl)cc3Cl)c2C)cc1. The van der Waals surface area contributed by atoms with E-state index in [-0.39, 0.29) is 0 Å². The second-order valence-electron chi connectivity index (χ2n) is 5.94. The summed E-state index contributed by atoms with van der Waals surface area (Å²) in [5.74, 6) is 0.873. The van der Waals surface area contributed by atoms with Crippen molar-refractivity contribution in [3.63, 3.8) is 0 Å². The lowest BCUT2D eigenvalue weighted by molar-refractivity contribution is 0.340. The average Bonchev–Trinajstić information content (AvgIpc) is 2.89. The summed E-state index contributed by atoms with van der Waals surface area (Å²) in [7, 11) is 0. The first kappa shape index (κ1) is 18.6. The highest BCUT2D eigenvalue weighted by atomic mass is 35.5. The summed E-state index contributed by atoms with van der Waals surface area (Å²) in [5.41, 5.74) is 5.08. The predicted molar refractivity (Wildman–Crippen MR) is 110 cm³/mol. The summed E-state index contributed by atoms with van der Waals surface area (Å²) in [6, 6.07) is 15.5. The average molecular weight is 387 g/mol. The minimum atomic E-state index is 0.536. The van der Waals surface area contributed by atoms with Crippen LogP contribution >= 0.6 is 23.2 Å². The summed E-state index contributed by atoms with van der Waals surface area (Å²) in [6.45, 7) is 6.80. The van der Waals surface area contributed by atoms with Gasteiger partial charge in [0, 0.05) is 33.9 Å². The fourth-order valence-corrected chi connectivity index (χ4v) is 3.36. The molecule has 0 saturated carbocycles. The Kier molecular flexibility index (Phi) is 5.70. The Hall–Kier alpha value is -2.23. The molecule has 5 heteroatoms. The maximum atomic E-state index is 6.19. The molecule has 0 bridgehead atoms. The van der Waals surface area contributed by atoms with Gasteiger partial charge in [-0.25, -0.2) is 0 Å². The van der Waals surface area contributed by atoms with Crippen LogP contribution in [-0.2, 0) is 0 Å². The lowest BCUT2D eigenvalue weighted by atomic mass is 10.2. The molecule has 2 aromatic carbocycles. The van der Waals surface area contributed by atoms with E-state index < -0.39 is 0 Å². The number of halogens is 2. The fourth-order valence-electron chi connectivity index (χ4n) is 2.90. The van der Waals surface area contributed by atoms with E-state index in [1.165, 1.54) is 0 Å². The second-order valence-corrected chi connectivity index (χ2v) is 6.79. The Balaban J connectivity index is 1.91. The molecule has 0 atom stereocenters. The molecular weight excluding hydrogens is 367 g/mol. The molecule has 134 valence electrons. The fraction of sp³-hybridized carbons (Fsp3) is 0.190. The van der Waals surface area contributed by atoms with Crippen LogP contribution in [0.3, 0.4) is 0 Å². The van der Waals surface area contributed by atoms with Crippen LogP contribution in [0.4, 0.5) is 5.69 Å². The summed E-state index contributed by atoms with van der Waals surface area (Å²) in [4.78, 5) is 4.52. The largest absolute Gasteiger partial charge is 0.494 e. The first-order valence-corrected chi connectivity index (χ1v) is 9.16. The standard InChI is InChI=1S/C21H20Cl2N2O/c1-4-26-19-8-6-18(7-9-19)25-14(2)11-16(15(25)3)13-24-21-10-5-17(22)12-20(21)23/h5-13H,4H2,1-3H3. The van der Waals surface area contributed by atoms with Gasteiger partial charge in [0.15, 0.2) is 0 Å². The minimum absolute atomic E-state index is 0.536. The number of aryl methyl sites for hydroxylation is 1.